The van der Waals surface area contributed by atoms with Gasteiger partial charge in [-0.2, -0.15) is 13.2 Å². The van der Waals surface area contributed by atoms with Gasteiger partial charge in [-0.05, 0) is 24.6 Å². The van der Waals surface area contributed by atoms with Gasteiger partial charge in [0.05, 0.1) is 5.56 Å². The molecule has 2 amide bonds. The lowest BCUT2D eigenvalue weighted by atomic mass is 10.1. The van der Waals surface area contributed by atoms with Crippen LogP contribution in [-0.4, -0.2) is 34.4 Å². The van der Waals surface area contributed by atoms with Gasteiger partial charge < -0.3 is 14.8 Å². The number of pyridine rings is 1. The molecule has 0 saturated carbocycles. The van der Waals surface area contributed by atoms with Gasteiger partial charge in [0.25, 0.3) is 5.91 Å². The molecule has 1 aromatic heterocycles. The molecule has 0 unspecified atom stereocenters. The molecule has 6 nitrogen and oxygen atoms in total. The Balaban J connectivity index is 1.83. The molecule has 9 heteroatoms. The van der Waals surface area contributed by atoms with Crippen molar-refractivity contribution in [2.75, 3.05) is 18.4 Å². The quantitative estimate of drug-likeness (QED) is 0.796. The van der Waals surface area contributed by atoms with Crippen molar-refractivity contribution < 1.29 is 22.8 Å². The maximum Gasteiger partial charge on any atom is 0.416 e. The lowest BCUT2D eigenvalue weighted by Crippen LogP contribution is -2.34. The van der Waals surface area contributed by atoms with E-state index in [-0.39, 0.29) is 23.2 Å². The van der Waals surface area contributed by atoms with Gasteiger partial charge >= 0.3 is 6.18 Å². The maximum atomic E-state index is 13.3. The van der Waals surface area contributed by atoms with E-state index in [0.717, 1.165) is 12.1 Å². The summed E-state index contributed by atoms with van der Waals surface area (Å²) in [6.07, 6.45) is 2.43. The summed E-state index contributed by atoms with van der Waals surface area (Å²) >= 11 is 0. The Morgan fingerprint density at radius 3 is 2.41 bits per heavy atom. The number of amides is 2. The smallest absolute Gasteiger partial charge is 0.345 e. The van der Waals surface area contributed by atoms with Gasteiger partial charge in [-0.3, -0.25) is 14.4 Å². The number of nitrogens with zero attached hydrogens (tertiary/aromatic N) is 2. The van der Waals surface area contributed by atoms with Crippen molar-refractivity contribution in [1.82, 2.24) is 9.47 Å². The summed E-state index contributed by atoms with van der Waals surface area (Å²) < 4.78 is 41.3. The molecule has 1 aliphatic heterocycles. The van der Waals surface area contributed by atoms with Crippen molar-refractivity contribution in [2.24, 2.45) is 0 Å². The fourth-order valence-electron chi connectivity index (χ4n) is 2.91. The largest absolute Gasteiger partial charge is 0.416 e. The molecule has 152 valence electrons. The van der Waals surface area contributed by atoms with Gasteiger partial charge in [0.1, 0.15) is 6.54 Å². The van der Waals surface area contributed by atoms with Crippen LogP contribution in [0.4, 0.5) is 18.9 Å². The van der Waals surface area contributed by atoms with Crippen molar-refractivity contribution in [3.8, 4) is 0 Å². The lowest BCUT2D eigenvalue weighted by molar-refractivity contribution is -0.137. The Morgan fingerprint density at radius 1 is 1.07 bits per heavy atom. The number of hydrogen-bond acceptors (Lipinski definition) is 3. The Bertz CT molecular complexity index is 992. The number of benzene rings is 1. The molecule has 1 aliphatic rings. The molecule has 0 radical (unpaired) electrons. The molecule has 2 heterocycles. The highest BCUT2D eigenvalue weighted by molar-refractivity contribution is 5.97. The fourth-order valence-corrected chi connectivity index (χ4v) is 2.91. The topological polar surface area (TPSA) is 71.4 Å². The van der Waals surface area contributed by atoms with E-state index in [4.69, 9.17) is 0 Å². The standard InChI is InChI=1S/C20H18F3N3O3/c21-20(22,23)15-10-14(19(29)26-6-2-1-3-7-26)11-16(12-15)24-18(28)13-25-8-4-17(27)5-9-25/h1-2,4-5,8-12H,3,6-7,13H2,(H,24,28). The van der Waals surface area contributed by atoms with E-state index in [9.17, 15) is 27.6 Å². The number of alkyl halides is 3. The van der Waals surface area contributed by atoms with Gasteiger partial charge in [-0.1, -0.05) is 12.2 Å². The first-order chi connectivity index (χ1) is 13.7. The molecule has 0 spiro atoms. The summed E-state index contributed by atoms with van der Waals surface area (Å²) in [4.78, 5) is 37.4. The zero-order valence-corrected chi connectivity index (χ0v) is 15.3. The van der Waals surface area contributed by atoms with Gasteiger partial charge in [0.15, 0.2) is 5.43 Å². The Labute approximate surface area is 164 Å². The highest BCUT2D eigenvalue weighted by Gasteiger charge is 2.32. The number of nitrogens with one attached hydrogen (secondary N) is 1. The second-order valence-electron chi connectivity index (χ2n) is 6.56. The number of rotatable bonds is 4. The summed E-state index contributed by atoms with van der Waals surface area (Å²) in [6.45, 7) is 0.541. The second kappa shape index (κ2) is 8.34. The number of halogens is 3. The predicted molar refractivity (Wildman–Crippen MR) is 100 cm³/mol. The summed E-state index contributed by atoms with van der Waals surface area (Å²) in [5.74, 6) is -1.12. The minimum absolute atomic E-state index is 0.123. The number of carbonyl (C=O) groups excluding carboxylic acids is 2. The minimum Gasteiger partial charge on any atom is -0.345 e. The average molecular weight is 405 g/mol. The van der Waals surface area contributed by atoms with Crippen molar-refractivity contribution in [2.45, 2.75) is 19.1 Å². The van der Waals surface area contributed by atoms with Crippen LogP contribution in [0.2, 0.25) is 0 Å². The SMILES string of the molecule is O=C(Cn1ccc(=O)cc1)Nc1cc(C(=O)N2CC=CCC2)cc(C(F)(F)F)c1. The first-order valence-electron chi connectivity index (χ1n) is 8.85. The molecule has 0 aliphatic carbocycles. The summed E-state index contributed by atoms with van der Waals surface area (Å²) in [6, 6.07) is 5.34. The van der Waals surface area contributed by atoms with Crippen molar-refractivity contribution in [3.05, 3.63) is 76.2 Å². The summed E-state index contributed by atoms with van der Waals surface area (Å²) in [7, 11) is 0. The summed E-state index contributed by atoms with van der Waals surface area (Å²) in [5.41, 5.74) is -1.51. The highest BCUT2D eigenvalue weighted by Crippen LogP contribution is 2.32. The van der Waals surface area contributed by atoms with Crippen LogP contribution in [0.25, 0.3) is 0 Å². The van der Waals surface area contributed by atoms with Crippen molar-refractivity contribution in [3.63, 3.8) is 0 Å². The zero-order valence-electron chi connectivity index (χ0n) is 15.3. The van der Waals surface area contributed by atoms with E-state index >= 15 is 0 Å². The average Bonchev–Trinajstić information content (AvgIpc) is 2.69. The number of hydrogen-bond donors (Lipinski definition) is 1. The molecule has 0 bridgehead atoms. The first kappa shape index (κ1) is 20.4. The van der Waals surface area contributed by atoms with Gasteiger partial charge in [-0.15, -0.1) is 0 Å². The van der Waals surface area contributed by atoms with Gasteiger partial charge in [0, 0.05) is 48.9 Å². The van der Waals surface area contributed by atoms with Crippen LogP contribution in [0.1, 0.15) is 22.3 Å². The maximum absolute atomic E-state index is 13.3. The minimum atomic E-state index is -4.67. The van der Waals surface area contributed by atoms with Crippen LogP contribution in [0.15, 0.2) is 59.7 Å². The Kier molecular flexibility index (Phi) is 5.86. The van der Waals surface area contributed by atoms with E-state index in [0.29, 0.717) is 19.5 Å². The van der Waals surface area contributed by atoms with Gasteiger partial charge in [-0.25, -0.2) is 0 Å². The normalized spacial score (nSPS) is 14.0. The lowest BCUT2D eigenvalue weighted by Gasteiger charge is -2.24. The van der Waals surface area contributed by atoms with Crippen LogP contribution in [0.5, 0.6) is 0 Å². The fraction of sp³-hybridized carbons (Fsp3) is 0.250. The number of anilines is 1. The molecular formula is C20H18F3N3O3. The highest BCUT2D eigenvalue weighted by atomic mass is 19.4. The third-order valence-corrected chi connectivity index (χ3v) is 4.32. The predicted octanol–water partition coefficient (Wildman–Crippen LogP) is 2.91. The molecule has 0 atom stereocenters. The molecule has 2 aromatic rings. The monoisotopic (exact) mass is 405 g/mol. The Morgan fingerprint density at radius 2 is 1.79 bits per heavy atom. The zero-order chi connectivity index (χ0) is 21.0. The summed E-state index contributed by atoms with van der Waals surface area (Å²) in [5, 5.41) is 2.39. The molecule has 0 fully saturated rings. The van der Waals surface area contributed by atoms with Crippen molar-refractivity contribution >= 4 is 17.5 Å². The van der Waals surface area contributed by atoms with Crippen molar-refractivity contribution in [1.29, 1.82) is 0 Å². The van der Waals surface area contributed by atoms with E-state index < -0.39 is 23.6 Å². The third-order valence-electron chi connectivity index (χ3n) is 4.32. The van der Waals surface area contributed by atoms with E-state index in [1.165, 1.54) is 40.1 Å². The molecule has 3 rings (SSSR count). The van der Waals surface area contributed by atoms with E-state index in [2.05, 4.69) is 5.32 Å². The number of aromatic nitrogens is 1. The molecule has 0 saturated heterocycles. The third kappa shape index (κ3) is 5.34. The molecule has 29 heavy (non-hydrogen) atoms. The van der Waals surface area contributed by atoms with Crippen LogP contribution in [0, 0.1) is 0 Å². The molecule has 1 N–H and O–H groups in total. The number of carbonyl (C=O) groups is 2. The van der Waals surface area contributed by atoms with Crippen LogP contribution in [0.3, 0.4) is 0 Å². The second-order valence-corrected chi connectivity index (χ2v) is 6.56. The molecule has 1 aromatic carbocycles. The van der Waals surface area contributed by atoms with Crippen LogP contribution >= 0.6 is 0 Å². The Hall–Kier alpha value is -3.36. The van der Waals surface area contributed by atoms with Gasteiger partial charge in [0.2, 0.25) is 5.91 Å². The molecular weight excluding hydrogens is 387 g/mol. The first-order valence-corrected chi connectivity index (χ1v) is 8.85. The van der Waals surface area contributed by atoms with Crippen LogP contribution < -0.4 is 10.7 Å². The van der Waals surface area contributed by atoms with E-state index in [1.54, 1.807) is 6.08 Å². The van der Waals surface area contributed by atoms with E-state index in [1.807, 2.05) is 6.08 Å². The van der Waals surface area contributed by atoms with Crippen LogP contribution in [-0.2, 0) is 17.5 Å².